The maximum Gasteiger partial charge on any atom is 0.408 e. The highest BCUT2D eigenvalue weighted by Gasteiger charge is 2.36. The highest BCUT2D eigenvalue weighted by Crippen LogP contribution is 2.24. The van der Waals surface area contributed by atoms with Crippen LogP contribution >= 0.6 is 11.6 Å². The van der Waals surface area contributed by atoms with Crippen molar-refractivity contribution in [3.05, 3.63) is 23.3 Å². The Morgan fingerprint density at radius 3 is 2.42 bits per heavy atom. The molecule has 1 atom stereocenters. The second kappa shape index (κ2) is 7.16. The van der Waals surface area contributed by atoms with Crippen LogP contribution in [0.2, 0.25) is 5.15 Å². The third-order valence-electron chi connectivity index (χ3n) is 2.42. The summed E-state index contributed by atoms with van der Waals surface area (Å²) < 4.78 is 84.5. The first-order valence-corrected chi connectivity index (χ1v) is 6.87. The van der Waals surface area contributed by atoms with Crippen LogP contribution < -0.4 is 10.6 Å². The Kier molecular flexibility index (Phi) is 3.40. The number of pyridine rings is 1. The molecule has 0 saturated carbocycles. The molecule has 0 aliphatic heterocycles. The van der Waals surface area contributed by atoms with E-state index in [0.717, 1.165) is 6.07 Å². The maximum absolute atomic E-state index is 13.2. The molecule has 0 amide bonds. The molecule has 10 heteroatoms. The van der Waals surface area contributed by atoms with Crippen LogP contribution in [0.1, 0.15) is 28.9 Å². The average molecular weight is 367 g/mol. The van der Waals surface area contributed by atoms with Gasteiger partial charge in [0.2, 0.25) is 11.9 Å². The Balaban J connectivity index is 2.62. The van der Waals surface area contributed by atoms with Gasteiger partial charge in [-0.1, -0.05) is 17.7 Å². The summed E-state index contributed by atoms with van der Waals surface area (Å²) in [5, 5.41) is 3.94. The molecule has 0 saturated heterocycles. The highest BCUT2D eigenvalue weighted by atomic mass is 35.5. The Bertz CT molecular complexity index is 920. The van der Waals surface area contributed by atoms with Gasteiger partial charge in [-0.25, -0.2) is 4.98 Å². The number of anilines is 2. The molecule has 2 aromatic heterocycles. The van der Waals surface area contributed by atoms with Gasteiger partial charge < -0.3 is 10.6 Å². The van der Waals surface area contributed by atoms with Crippen molar-refractivity contribution in [2.45, 2.75) is 38.9 Å². The molecular weight excluding hydrogens is 345 g/mol. The van der Waals surface area contributed by atoms with Gasteiger partial charge >= 0.3 is 6.18 Å². The van der Waals surface area contributed by atoms with Gasteiger partial charge in [-0.2, -0.15) is 28.1 Å². The maximum atomic E-state index is 13.2. The van der Waals surface area contributed by atoms with E-state index in [1.165, 1.54) is 13.8 Å². The van der Waals surface area contributed by atoms with E-state index in [2.05, 4.69) is 25.3 Å². The van der Waals surface area contributed by atoms with Crippen LogP contribution in [0.15, 0.2) is 18.2 Å². The SMILES string of the molecule is [2H]c1cc([2H])c(-c2nc(N[C@H](C([2H])([2H])[2H])C(F)(F)F)nc(NC([2H])(C)C)n2)nc1Cl. The summed E-state index contributed by atoms with van der Waals surface area (Å²) in [6.07, 6.45) is -5.16. The van der Waals surface area contributed by atoms with Crippen molar-refractivity contribution in [3.8, 4) is 11.5 Å². The molecule has 0 radical (unpaired) electrons. The standard InChI is InChI=1S/C14H16ClF3N6/c1-7(2)19-12-22-11(9-5-4-6-10(15)21-9)23-13(24-12)20-8(3)14(16,17)18/h4-8H,1-3H3,(H2,19,20,22,23,24)/t8-/m1/s1/i3D3,5D,6D,7D. The van der Waals surface area contributed by atoms with Crippen molar-refractivity contribution in [1.82, 2.24) is 19.9 Å². The van der Waals surface area contributed by atoms with E-state index < -0.39 is 36.9 Å². The smallest absolute Gasteiger partial charge is 0.352 e. The van der Waals surface area contributed by atoms with E-state index in [1.807, 2.05) is 0 Å². The zero-order valence-corrected chi connectivity index (χ0v) is 13.2. The number of halogens is 4. The predicted molar refractivity (Wildman–Crippen MR) is 86.0 cm³/mol. The van der Waals surface area contributed by atoms with Crippen LogP contribution in [0, 0.1) is 0 Å². The second-order valence-corrected chi connectivity index (χ2v) is 5.09. The summed E-state index contributed by atoms with van der Waals surface area (Å²) in [7, 11) is 0. The normalized spacial score (nSPS) is 17.6. The first kappa shape index (κ1) is 11.4. The van der Waals surface area contributed by atoms with E-state index >= 15 is 0 Å². The lowest BCUT2D eigenvalue weighted by atomic mass is 10.3. The molecule has 0 aliphatic carbocycles. The lowest BCUT2D eigenvalue weighted by molar-refractivity contribution is -0.138. The van der Waals surface area contributed by atoms with Crippen molar-refractivity contribution in [2.24, 2.45) is 0 Å². The van der Waals surface area contributed by atoms with Crippen molar-refractivity contribution < 1.29 is 21.4 Å². The van der Waals surface area contributed by atoms with Crippen molar-refractivity contribution in [1.29, 1.82) is 0 Å². The molecule has 0 aromatic carbocycles. The van der Waals surface area contributed by atoms with Gasteiger partial charge in [0, 0.05) is 10.1 Å². The number of rotatable bonds is 5. The van der Waals surface area contributed by atoms with Crippen LogP contribution in [0.5, 0.6) is 0 Å². The molecule has 2 rings (SSSR count). The zero-order valence-electron chi connectivity index (χ0n) is 18.5. The van der Waals surface area contributed by atoms with Crippen LogP contribution in [-0.2, 0) is 0 Å². The Hall–Kier alpha value is -2.16. The van der Waals surface area contributed by atoms with Crippen molar-refractivity contribution in [2.75, 3.05) is 10.6 Å². The molecule has 6 nitrogen and oxygen atoms in total. The summed E-state index contributed by atoms with van der Waals surface area (Å²) in [4.78, 5) is 15.2. The fourth-order valence-electron chi connectivity index (χ4n) is 1.48. The molecular formula is C14H16ClF3N6. The van der Waals surface area contributed by atoms with Crippen molar-refractivity contribution >= 4 is 23.5 Å². The molecule has 0 unspecified atom stereocenters. The number of nitrogens with one attached hydrogen (secondary N) is 2. The molecule has 0 aliphatic rings. The third-order valence-corrected chi connectivity index (χ3v) is 2.61. The largest absolute Gasteiger partial charge is 0.408 e. The van der Waals surface area contributed by atoms with Gasteiger partial charge in [0.1, 0.15) is 16.9 Å². The molecule has 24 heavy (non-hydrogen) atoms. The van der Waals surface area contributed by atoms with Crippen LogP contribution in [-0.4, -0.2) is 38.2 Å². The minimum absolute atomic E-state index is 0.261. The number of aromatic nitrogens is 4. The van der Waals surface area contributed by atoms with Gasteiger partial charge in [-0.15, -0.1) is 0 Å². The molecule has 2 N–H and O–H groups in total. The van der Waals surface area contributed by atoms with Crippen molar-refractivity contribution in [3.63, 3.8) is 0 Å². The highest BCUT2D eigenvalue weighted by molar-refractivity contribution is 6.29. The van der Waals surface area contributed by atoms with E-state index in [0.29, 0.717) is 0 Å². The van der Waals surface area contributed by atoms with E-state index in [9.17, 15) is 13.2 Å². The lowest BCUT2D eigenvalue weighted by Gasteiger charge is -2.18. The molecule has 2 aromatic rings. The van der Waals surface area contributed by atoms with Gasteiger partial charge in [-0.05, 0) is 32.8 Å². The molecule has 0 spiro atoms. The van der Waals surface area contributed by atoms with Gasteiger partial charge in [0.25, 0.3) is 0 Å². The third kappa shape index (κ3) is 4.92. The van der Waals surface area contributed by atoms with Gasteiger partial charge in [0.05, 0.1) is 4.11 Å². The molecule has 130 valence electrons. The van der Waals surface area contributed by atoms with Crippen LogP contribution in [0.25, 0.3) is 11.5 Å². The summed E-state index contributed by atoms with van der Waals surface area (Å²) in [6.45, 7) is -0.656. The summed E-state index contributed by atoms with van der Waals surface area (Å²) in [6, 6.07) is -3.92. The van der Waals surface area contributed by atoms with Crippen LogP contribution in [0.3, 0.4) is 0 Å². The van der Waals surface area contributed by atoms with E-state index in [-0.39, 0.29) is 28.9 Å². The Morgan fingerprint density at radius 2 is 1.83 bits per heavy atom. The summed E-state index contributed by atoms with van der Waals surface area (Å²) >= 11 is 5.79. The predicted octanol–water partition coefficient (Wildman–Crippen LogP) is 3.77. The fourth-order valence-corrected chi connectivity index (χ4v) is 1.62. The quantitative estimate of drug-likeness (QED) is 0.784. The first-order valence-electron chi connectivity index (χ1n) is 9.49. The Morgan fingerprint density at radius 1 is 1.17 bits per heavy atom. The number of hydrogen-bond donors (Lipinski definition) is 2. The number of alkyl halides is 3. The fraction of sp³-hybridized carbons (Fsp3) is 0.429. The molecule has 0 bridgehead atoms. The molecule has 2 heterocycles. The second-order valence-electron chi connectivity index (χ2n) is 4.73. The lowest BCUT2D eigenvalue weighted by Crippen LogP contribution is -2.34. The first-order chi connectivity index (χ1) is 13.5. The molecule has 0 fully saturated rings. The number of hydrogen-bond acceptors (Lipinski definition) is 6. The zero-order chi connectivity index (χ0) is 23.1. The monoisotopic (exact) mass is 366 g/mol. The van der Waals surface area contributed by atoms with Crippen LogP contribution in [0.4, 0.5) is 25.1 Å². The van der Waals surface area contributed by atoms with Gasteiger partial charge in [0.15, 0.2) is 5.82 Å². The average Bonchev–Trinajstić information content (AvgIpc) is 2.52. The van der Waals surface area contributed by atoms with E-state index in [1.54, 1.807) is 5.32 Å². The number of nitrogens with zero attached hydrogens (tertiary/aromatic N) is 4. The topological polar surface area (TPSA) is 75.6 Å². The summed E-state index contributed by atoms with van der Waals surface area (Å²) in [5.41, 5.74) is -0.273. The minimum atomic E-state index is -5.16. The minimum Gasteiger partial charge on any atom is -0.352 e. The Labute approximate surface area is 150 Å². The summed E-state index contributed by atoms with van der Waals surface area (Å²) in [5.74, 6) is -1.53. The van der Waals surface area contributed by atoms with E-state index in [4.69, 9.17) is 19.8 Å². The van der Waals surface area contributed by atoms with Gasteiger partial charge in [-0.3, -0.25) is 0 Å².